The maximum atomic E-state index is 14.0. The van der Waals surface area contributed by atoms with E-state index in [4.69, 9.17) is 9.47 Å². The Morgan fingerprint density at radius 2 is 1.51 bits per heavy atom. The number of morpholine rings is 1. The molecule has 0 aromatic heterocycles. The lowest BCUT2D eigenvalue weighted by Gasteiger charge is -2.31. The van der Waals surface area contributed by atoms with Gasteiger partial charge in [0.15, 0.2) is 0 Å². The van der Waals surface area contributed by atoms with E-state index < -0.39 is 18.1 Å². The first-order valence-corrected chi connectivity index (χ1v) is 16.9. The van der Waals surface area contributed by atoms with Crippen LogP contribution in [0, 0.1) is 0 Å². The number of ether oxygens (including phenoxy) is 2. The van der Waals surface area contributed by atoms with E-state index in [0.717, 1.165) is 52.8 Å². The Morgan fingerprint density at radius 1 is 0.889 bits per heavy atom. The highest BCUT2D eigenvalue weighted by Gasteiger charge is 2.33. The molecule has 1 unspecified atom stereocenters. The number of hydrogen-bond donors (Lipinski definition) is 3. The van der Waals surface area contributed by atoms with Gasteiger partial charge in [0.25, 0.3) is 0 Å². The Kier molecular flexibility index (Phi) is 12.1. The maximum Gasteiger partial charge on any atom is 0.407 e. The molecular formula is C36H38BrN3O4S. The van der Waals surface area contributed by atoms with Crippen LogP contribution in [-0.4, -0.2) is 56.2 Å². The molecule has 3 atom stereocenters. The second-order valence-electron chi connectivity index (χ2n) is 10.9. The number of hydrogen-bond acceptors (Lipinski definition) is 6. The first-order valence-electron chi connectivity index (χ1n) is 15.1. The van der Waals surface area contributed by atoms with Crippen molar-refractivity contribution in [1.82, 2.24) is 10.6 Å². The molecule has 2 amide bonds. The van der Waals surface area contributed by atoms with Gasteiger partial charge in [-0.05, 0) is 59.9 Å². The molecule has 0 radical (unpaired) electrons. The predicted octanol–water partition coefficient (Wildman–Crippen LogP) is 7.03. The Labute approximate surface area is 277 Å². The molecule has 45 heavy (non-hydrogen) atoms. The molecule has 0 saturated carbocycles. The zero-order chi connectivity index (χ0) is 31.4. The summed E-state index contributed by atoms with van der Waals surface area (Å²) in [6.45, 7) is 1.61. The van der Waals surface area contributed by atoms with E-state index >= 15 is 0 Å². The van der Waals surface area contributed by atoms with E-state index in [1.165, 1.54) is 12.0 Å². The van der Waals surface area contributed by atoms with Crippen LogP contribution in [-0.2, 0) is 20.7 Å². The van der Waals surface area contributed by atoms with E-state index in [1.54, 1.807) is 11.8 Å². The Balaban J connectivity index is 1.27. The fraction of sp³-hybridized carbons (Fsp3) is 0.278. The summed E-state index contributed by atoms with van der Waals surface area (Å²) in [5.74, 6) is 0.106. The molecule has 4 aromatic rings. The summed E-state index contributed by atoms with van der Waals surface area (Å²) in [5.41, 5.74) is 3.53. The van der Waals surface area contributed by atoms with Crippen LogP contribution in [0.1, 0.15) is 29.0 Å². The van der Waals surface area contributed by atoms with Crippen molar-refractivity contribution in [3.63, 3.8) is 0 Å². The lowest BCUT2D eigenvalue weighted by Crippen LogP contribution is -2.48. The third kappa shape index (κ3) is 9.43. The third-order valence-corrected chi connectivity index (χ3v) is 9.45. The number of nitrogens with one attached hydrogen (secondary N) is 3. The molecule has 1 saturated heterocycles. The van der Waals surface area contributed by atoms with Crippen LogP contribution < -0.4 is 16.0 Å². The van der Waals surface area contributed by atoms with Gasteiger partial charge in [-0.2, -0.15) is 0 Å². The number of alkyl carbamates (subject to hydrolysis) is 1. The molecule has 1 fully saturated rings. The van der Waals surface area contributed by atoms with Crippen molar-refractivity contribution in [3.05, 3.63) is 130 Å². The number of halogens is 1. The summed E-state index contributed by atoms with van der Waals surface area (Å²) in [5, 5.41) is 9.47. The van der Waals surface area contributed by atoms with Gasteiger partial charge in [-0.15, -0.1) is 11.8 Å². The second-order valence-corrected chi connectivity index (χ2v) is 12.9. The summed E-state index contributed by atoms with van der Waals surface area (Å²) in [6.07, 6.45) is 1.04. The van der Waals surface area contributed by atoms with Gasteiger partial charge in [-0.25, -0.2) is 4.79 Å². The average Bonchev–Trinajstić information content (AvgIpc) is 3.08. The summed E-state index contributed by atoms with van der Waals surface area (Å²) >= 11 is 5.29. The molecular weight excluding hydrogens is 650 g/mol. The van der Waals surface area contributed by atoms with Crippen LogP contribution in [0.5, 0.6) is 0 Å². The van der Waals surface area contributed by atoms with E-state index in [9.17, 15) is 9.59 Å². The van der Waals surface area contributed by atoms with Gasteiger partial charge in [0, 0.05) is 39.8 Å². The topological polar surface area (TPSA) is 88.7 Å². The lowest BCUT2D eigenvalue weighted by molar-refractivity contribution is -0.118. The molecule has 0 bridgehead atoms. The van der Waals surface area contributed by atoms with E-state index in [0.29, 0.717) is 5.69 Å². The molecule has 1 aliphatic heterocycles. The number of rotatable bonds is 12. The monoisotopic (exact) mass is 687 g/mol. The van der Waals surface area contributed by atoms with Crippen molar-refractivity contribution in [1.29, 1.82) is 0 Å². The minimum absolute atomic E-state index is 0.0623. The number of amides is 2. The zero-order valence-electron chi connectivity index (χ0n) is 25.2. The number of methoxy groups -OCH3 is 1. The van der Waals surface area contributed by atoms with Crippen molar-refractivity contribution in [3.8, 4) is 0 Å². The van der Waals surface area contributed by atoms with Crippen molar-refractivity contribution in [2.45, 2.75) is 41.9 Å². The number of carbonyl (C=O) groups is 2. The highest BCUT2D eigenvalue weighted by molar-refractivity contribution is 9.10. The number of benzene rings is 4. The zero-order valence-corrected chi connectivity index (χ0v) is 27.6. The van der Waals surface area contributed by atoms with Gasteiger partial charge >= 0.3 is 6.09 Å². The van der Waals surface area contributed by atoms with Gasteiger partial charge < -0.3 is 25.4 Å². The molecule has 7 nitrogen and oxygen atoms in total. The van der Waals surface area contributed by atoms with Crippen LogP contribution >= 0.6 is 27.7 Å². The van der Waals surface area contributed by atoms with Crippen LogP contribution in [0.2, 0.25) is 0 Å². The standard InChI is InChI=1S/C36H38BrN3O4S/c1-43-36(42)40-34(33(26-11-4-2-5-12-26)27-13-6-3-7-14-27)35(41)39-32-15-9-8-10-25(32)16-19-29-22-38-23-30(44-29)24-45-31-20-17-28(37)18-21-31/h2-15,17-18,20-21,29-30,33-34,38H,16,19,22-24H2,1H3,(H,39,41)(H,40,42)/t29-,30?,34+/m1/s1. The van der Waals surface area contributed by atoms with Crippen LogP contribution in [0.15, 0.2) is 119 Å². The maximum absolute atomic E-state index is 14.0. The van der Waals surface area contributed by atoms with Gasteiger partial charge in [0.05, 0.1) is 19.3 Å². The van der Waals surface area contributed by atoms with Gasteiger partial charge in [0.2, 0.25) is 5.91 Å². The number of carbonyl (C=O) groups excluding carboxylic acids is 2. The molecule has 1 aliphatic rings. The van der Waals surface area contributed by atoms with E-state index in [1.807, 2.05) is 84.9 Å². The first kappa shape index (κ1) is 32.8. The van der Waals surface area contributed by atoms with Crippen molar-refractivity contribution in [2.24, 2.45) is 0 Å². The number of thioether (sulfide) groups is 1. The SMILES string of the molecule is COC(=O)N[C@H](C(=O)Nc1ccccc1CC[C@@H]1CNCC(CSc2ccc(Br)cc2)O1)C(c1ccccc1)c1ccccc1. The third-order valence-electron chi connectivity index (χ3n) is 7.78. The van der Waals surface area contributed by atoms with Crippen molar-refractivity contribution < 1.29 is 19.1 Å². The van der Waals surface area contributed by atoms with Crippen LogP contribution in [0.4, 0.5) is 10.5 Å². The first-order chi connectivity index (χ1) is 22.0. The van der Waals surface area contributed by atoms with E-state index in [-0.39, 0.29) is 18.1 Å². The summed E-state index contributed by atoms with van der Waals surface area (Å²) in [4.78, 5) is 27.8. The lowest BCUT2D eigenvalue weighted by atomic mass is 9.84. The molecule has 9 heteroatoms. The van der Waals surface area contributed by atoms with Gasteiger partial charge in [-0.3, -0.25) is 4.79 Å². The molecule has 4 aromatic carbocycles. The second kappa shape index (κ2) is 16.6. The average molecular weight is 689 g/mol. The quantitative estimate of drug-likeness (QED) is 0.139. The molecule has 5 rings (SSSR count). The van der Waals surface area contributed by atoms with Crippen LogP contribution in [0.25, 0.3) is 0 Å². The minimum Gasteiger partial charge on any atom is -0.453 e. The molecule has 0 aliphatic carbocycles. The number of aryl methyl sites for hydroxylation is 1. The summed E-state index contributed by atoms with van der Waals surface area (Å²) in [6, 6.07) is 34.7. The van der Waals surface area contributed by atoms with Crippen molar-refractivity contribution in [2.75, 3.05) is 31.3 Å². The van der Waals surface area contributed by atoms with Crippen LogP contribution in [0.3, 0.4) is 0 Å². The number of anilines is 1. The molecule has 1 heterocycles. The Bertz CT molecular complexity index is 1490. The highest BCUT2D eigenvalue weighted by Crippen LogP contribution is 2.30. The largest absolute Gasteiger partial charge is 0.453 e. The van der Waals surface area contributed by atoms with Crippen molar-refractivity contribution >= 4 is 45.4 Å². The normalized spacial score (nSPS) is 17.0. The summed E-state index contributed by atoms with van der Waals surface area (Å²) < 4.78 is 12.5. The number of para-hydroxylation sites is 1. The molecule has 234 valence electrons. The fourth-order valence-electron chi connectivity index (χ4n) is 5.53. The molecule has 3 N–H and O–H groups in total. The van der Waals surface area contributed by atoms with Gasteiger partial charge in [0.1, 0.15) is 6.04 Å². The highest BCUT2D eigenvalue weighted by atomic mass is 79.9. The van der Waals surface area contributed by atoms with Gasteiger partial charge in [-0.1, -0.05) is 94.8 Å². The predicted molar refractivity (Wildman–Crippen MR) is 184 cm³/mol. The Morgan fingerprint density at radius 3 is 2.18 bits per heavy atom. The van der Waals surface area contributed by atoms with E-state index in [2.05, 4.69) is 56.1 Å². The minimum atomic E-state index is -0.926. The smallest absolute Gasteiger partial charge is 0.407 e. The fourth-order valence-corrected chi connectivity index (χ4v) is 6.70. The summed E-state index contributed by atoms with van der Waals surface area (Å²) in [7, 11) is 1.30. The Hall–Kier alpha value is -3.63. The molecule has 0 spiro atoms.